The second-order valence-electron chi connectivity index (χ2n) is 8.80. The second kappa shape index (κ2) is 8.52. The molecule has 31 heavy (non-hydrogen) atoms. The van der Waals surface area contributed by atoms with Crippen molar-refractivity contribution in [1.82, 2.24) is 14.5 Å². The number of halogens is 1. The third-order valence-electron chi connectivity index (χ3n) is 6.70. The molecule has 2 N–H and O–H groups in total. The summed E-state index contributed by atoms with van der Waals surface area (Å²) in [5.41, 5.74) is 6.89. The SMILES string of the molecule is Cc1nc(N2CCC(C(O)CO)CC2)c2c(C)c(C)n(-c3c(C)cc(Br)cc3C)c2n1. The minimum Gasteiger partial charge on any atom is -0.394 e. The average Bonchev–Trinajstić information content (AvgIpc) is 2.97. The van der Waals surface area contributed by atoms with E-state index in [2.05, 4.69) is 65.2 Å². The van der Waals surface area contributed by atoms with Crippen molar-refractivity contribution in [3.05, 3.63) is 44.8 Å². The number of fused-ring (bicyclic) bond motifs is 1. The summed E-state index contributed by atoms with van der Waals surface area (Å²) in [6, 6.07) is 4.30. The van der Waals surface area contributed by atoms with Gasteiger partial charge in [-0.15, -0.1) is 0 Å². The van der Waals surface area contributed by atoms with Crippen LogP contribution >= 0.6 is 15.9 Å². The van der Waals surface area contributed by atoms with Crippen molar-refractivity contribution >= 4 is 32.8 Å². The maximum atomic E-state index is 10.0. The third-order valence-corrected chi connectivity index (χ3v) is 7.16. The number of benzene rings is 1. The Balaban J connectivity index is 1.85. The zero-order valence-corrected chi connectivity index (χ0v) is 20.5. The number of rotatable bonds is 4. The molecule has 0 radical (unpaired) electrons. The van der Waals surface area contributed by atoms with E-state index in [0.29, 0.717) is 0 Å². The quantitative estimate of drug-likeness (QED) is 0.574. The molecule has 1 aliphatic heterocycles. The van der Waals surface area contributed by atoms with Gasteiger partial charge in [-0.3, -0.25) is 4.57 Å². The van der Waals surface area contributed by atoms with Crippen LogP contribution in [0.5, 0.6) is 0 Å². The fourth-order valence-corrected chi connectivity index (χ4v) is 5.64. The first-order chi connectivity index (χ1) is 14.7. The van der Waals surface area contributed by atoms with Crippen LogP contribution in [0.25, 0.3) is 16.7 Å². The van der Waals surface area contributed by atoms with Crippen molar-refractivity contribution in [2.24, 2.45) is 5.92 Å². The number of aryl methyl sites for hydroxylation is 4. The number of nitrogens with zero attached hydrogens (tertiary/aromatic N) is 4. The van der Waals surface area contributed by atoms with Gasteiger partial charge in [0.05, 0.1) is 23.8 Å². The molecule has 6 nitrogen and oxygen atoms in total. The van der Waals surface area contributed by atoms with Crippen molar-refractivity contribution in [2.45, 2.75) is 53.6 Å². The number of hydrogen-bond donors (Lipinski definition) is 2. The molecule has 0 saturated carbocycles. The smallest absolute Gasteiger partial charge is 0.150 e. The summed E-state index contributed by atoms with van der Waals surface area (Å²) in [5.74, 6) is 1.87. The molecule has 1 atom stereocenters. The van der Waals surface area contributed by atoms with Gasteiger partial charge in [0.2, 0.25) is 0 Å². The van der Waals surface area contributed by atoms with Crippen molar-refractivity contribution in [3.8, 4) is 5.69 Å². The number of hydrogen-bond acceptors (Lipinski definition) is 5. The van der Waals surface area contributed by atoms with Gasteiger partial charge < -0.3 is 15.1 Å². The molecule has 2 aromatic heterocycles. The molecule has 4 rings (SSSR count). The first-order valence-electron chi connectivity index (χ1n) is 10.9. The molecule has 0 amide bonds. The van der Waals surface area contributed by atoms with E-state index in [1.165, 1.54) is 28.1 Å². The summed E-state index contributed by atoms with van der Waals surface area (Å²) < 4.78 is 3.36. The lowest BCUT2D eigenvalue weighted by molar-refractivity contribution is 0.0376. The predicted octanol–water partition coefficient (Wildman–Crippen LogP) is 4.29. The largest absolute Gasteiger partial charge is 0.394 e. The monoisotopic (exact) mass is 486 g/mol. The number of aliphatic hydroxyl groups is 2. The minimum atomic E-state index is -0.636. The Bertz CT molecular complexity index is 1110. The summed E-state index contributed by atoms with van der Waals surface area (Å²) in [5, 5.41) is 20.4. The molecule has 3 aromatic rings. The van der Waals surface area contributed by atoms with E-state index < -0.39 is 6.10 Å². The summed E-state index contributed by atoms with van der Waals surface area (Å²) in [7, 11) is 0. The first-order valence-corrected chi connectivity index (χ1v) is 11.7. The molecule has 0 spiro atoms. The maximum absolute atomic E-state index is 10.0. The molecule has 7 heteroatoms. The summed E-state index contributed by atoms with van der Waals surface area (Å²) >= 11 is 3.61. The van der Waals surface area contributed by atoms with E-state index in [-0.39, 0.29) is 12.5 Å². The molecule has 1 fully saturated rings. The molecule has 166 valence electrons. The Morgan fingerprint density at radius 3 is 2.26 bits per heavy atom. The van der Waals surface area contributed by atoms with E-state index in [0.717, 1.165) is 53.1 Å². The molecule has 3 heterocycles. The Labute approximate surface area is 192 Å². The van der Waals surface area contributed by atoms with Crippen molar-refractivity contribution in [1.29, 1.82) is 0 Å². The van der Waals surface area contributed by atoms with Crippen LogP contribution in [0, 0.1) is 40.5 Å². The third kappa shape index (κ3) is 3.88. The molecule has 1 saturated heterocycles. The number of anilines is 1. The first kappa shape index (κ1) is 22.2. The highest BCUT2D eigenvalue weighted by atomic mass is 79.9. The van der Waals surface area contributed by atoms with Crippen LogP contribution < -0.4 is 4.90 Å². The standard InChI is InChI=1S/C24H31BrN4O2/c1-13-10-19(25)11-14(2)22(13)29-16(4)15(3)21-23(26-17(5)27-24(21)29)28-8-6-18(7-9-28)20(31)12-30/h10-11,18,20,30-31H,6-9,12H2,1-5H3. The lowest BCUT2D eigenvalue weighted by Gasteiger charge is -2.35. The lowest BCUT2D eigenvalue weighted by atomic mass is 9.91. The topological polar surface area (TPSA) is 74.4 Å². The fourth-order valence-electron chi connectivity index (χ4n) is 4.95. The van der Waals surface area contributed by atoms with Gasteiger partial charge in [-0.1, -0.05) is 15.9 Å². The number of aromatic nitrogens is 3. The van der Waals surface area contributed by atoms with Crippen LogP contribution in [0.1, 0.15) is 41.1 Å². The fraction of sp³-hybridized carbons (Fsp3) is 0.500. The van der Waals surface area contributed by atoms with Crippen LogP contribution in [0.15, 0.2) is 16.6 Å². The van der Waals surface area contributed by atoms with Gasteiger partial charge in [0.15, 0.2) is 5.65 Å². The summed E-state index contributed by atoms with van der Waals surface area (Å²) in [4.78, 5) is 12.1. The highest BCUT2D eigenvalue weighted by Crippen LogP contribution is 2.37. The van der Waals surface area contributed by atoms with Crippen LogP contribution in [-0.4, -0.2) is 50.5 Å². The van der Waals surface area contributed by atoms with Crippen molar-refractivity contribution in [2.75, 3.05) is 24.6 Å². The Morgan fingerprint density at radius 1 is 1.06 bits per heavy atom. The van der Waals surface area contributed by atoms with Gasteiger partial charge in [0, 0.05) is 23.3 Å². The van der Waals surface area contributed by atoms with Gasteiger partial charge in [0.1, 0.15) is 11.6 Å². The molecule has 1 aliphatic rings. The van der Waals surface area contributed by atoms with E-state index in [1.54, 1.807) is 0 Å². The average molecular weight is 487 g/mol. The molecular formula is C24H31BrN4O2. The number of aliphatic hydroxyl groups excluding tert-OH is 2. The van der Waals surface area contributed by atoms with E-state index in [9.17, 15) is 10.2 Å². The van der Waals surface area contributed by atoms with E-state index in [4.69, 9.17) is 9.97 Å². The zero-order chi connectivity index (χ0) is 22.4. The minimum absolute atomic E-state index is 0.139. The summed E-state index contributed by atoms with van der Waals surface area (Å²) in [6.45, 7) is 12.0. The summed E-state index contributed by atoms with van der Waals surface area (Å²) in [6.07, 6.45) is 1.05. The molecule has 1 unspecified atom stereocenters. The van der Waals surface area contributed by atoms with Crippen LogP contribution in [0.2, 0.25) is 0 Å². The van der Waals surface area contributed by atoms with E-state index >= 15 is 0 Å². The highest BCUT2D eigenvalue weighted by Gasteiger charge is 2.28. The van der Waals surface area contributed by atoms with Gasteiger partial charge in [-0.05, 0) is 82.2 Å². The van der Waals surface area contributed by atoms with E-state index in [1.807, 2.05) is 6.92 Å². The van der Waals surface area contributed by atoms with Crippen LogP contribution in [0.4, 0.5) is 5.82 Å². The Morgan fingerprint density at radius 2 is 1.68 bits per heavy atom. The van der Waals surface area contributed by atoms with Gasteiger partial charge in [-0.25, -0.2) is 9.97 Å². The van der Waals surface area contributed by atoms with Gasteiger partial charge >= 0.3 is 0 Å². The zero-order valence-electron chi connectivity index (χ0n) is 18.9. The molecule has 0 aliphatic carbocycles. The lowest BCUT2D eigenvalue weighted by Crippen LogP contribution is -2.39. The predicted molar refractivity (Wildman–Crippen MR) is 128 cm³/mol. The van der Waals surface area contributed by atoms with Gasteiger partial charge in [0.25, 0.3) is 0 Å². The van der Waals surface area contributed by atoms with Crippen LogP contribution in [-0.2, 0) is 0 Å². The van der Waals surface area contributed by atoms with Crippen molar-refractivity contribution < 1.29 is 10.2 Å². The Hall–Kier alpha value is -1.96. The Kier molecular flexibility index (Phi) is 6.12. The molecular weight excluding hydrogens is 456 g/mol. The van der Waals surface area contributed by atoms with Gasteiger partial charge in [-0.2, -0.15) is 0 Å². The molecule has 0 bridgehead atoms. The second-order valence-corrected chi connectivity index (χ2v) is 9.72. The van der Waals surface area contributed by atoms with Crippen LogP contribution in [0.3, 0.4) is 0 Å². The number of piperidine rings is 1. The molecule has 1 aromatic carbocycles. The highest BCUT2D eigenvalue weighted by molar-refractivity contribution is 9.10. The van der Waals surface area contributed by atoms with Crippen molar-refractivity contribution in [3.63, 3.8) is 0 Å². The normalized spacial score (nSPS) is 16.3. The maximum Gasteiger partial charge on any atom is 0.150 e.